The molecule has 44 heavy (non-hydrogen) atoms. The molecule has 0 bridgehead atoms. The Morgan fingerprint density at radius 1 is 0.455 bits per heavy atom. The zero-order chi connectivity index (χ0) is 30.1. The second kappa shape index (κ2) is 15.0. The van der Waals surface area contributed by atoms with Gasteiger partial charge in [0, 0.05) is 29.3 Å². The Morgan fingerprint density at radius 3 is 1.30 bits per heavy atom. The summed E-state index contributed by atoms with van der Waals surface area (Å²) in [6.45, 7) is 2.28. The van der Waals surface area contributed by atoms with Crippen molar-refractivity contribution in [3.05, 3.63) is 139 Å². The molecule has 4 nitrogen and oxygen atoms in total. The van der Waals surface area contributed by atoms with Crippen molar-refractivity contribution in [2.24, 2.45) is 0 Å². The minimum absolute atomic E-state index is 0.570. The topological polar surface area (TPSA) is 52.6 Å². The first-order valence-corrected chi connectivity index (χ1v) is 17.5. The molecule has 4 aromatic heterocycles. The van der Waals surface area contributed by atoms with Crippen LogP contribution in [0.2, 0.25) is 0 Å². The molecule has 6 rings (SSSR count). The van der Waals surface area contributed by atoms with E-state index < -0.39 is 0 Å². The van der Waals surface area contributed by atoms with Crippen molar-refractivity contribution in [1.82, 2.24) is 0 Å². The third kappa shape index (κ3) is 8.15. The first-order valence-electron chi connectivity index (χ1n) is 14.2. The van der Waals surface area contributed by atoms with E-state index in [1.807, 2.05) is 24.3 Å². The van der Waals surface area contributed by atoms with Crippen LogP contribution in [0.4, 0.5) is 0 Å². The van der Waals surface area contributed by atoms with E-state index in [9.17, 15) is 9.59 Å². The van der Waals surface area contributed by atoms with Crippen LogP contribution in [0.3, 0.4) is 0 Å². The predicted octanol–water partition coefficient (Wildman–Crippen LogP) is 10.1. The molecule has 0 saturated heterocycles. The third-order valence-corrected chi connectivity index (χ3v) is 11.5. The van der Waals surface area contributed by atoms with Crippen LogP contribution in [-0.4, -0.2) is 12.6 Å². The Labute approximate surface area is 273 Å². The molecule has 222 valence electrons. The molecule has 0 saturated carbocycles. The van der Waals surface area contributed by atoms with Gasteiger partial charge >= 0.3 is 0 Å². The fourth-order valence-corrected chi connectivity index (χ4v) is 8.57. The van der Waals surface area contributed by atoms with E-state index in [1.165, 1.54) is 64.4 Å². The summed E-state index contributed by atoms with van der Waals surface area (Å²) < 4.78 is 12.1. The Bertz CT molecular complexity index is 1710. The lowest BCUT2D eigenvalue weighted by atomic mass is 10.0. The van der Waals surface area contributed by atoms with Crippen LogP contribution in [0.25, 0.3) is 19.5 Å². The number of hydrogen-bond acceptors (Lipinski definition) is 8. The van der Waals surface area contributed by atoms with Crippen molar-refractivity contribution in [3.63, 3.8) is 0 Å². The van der Waals surface area contributed by atoms with Crippen molar-refractivity contribution in [3.8, 4) is 19.5 Å². The summed E-state index contributed by atoms with van der Waals surface area (Å²) in [5, 5.41) is 0. The van der Waals surface area contributed by atoms with Crippen LogP contribution in [0, 0.1) is 0 Å². The Kier molecular flexibility index (Phi) is 10.4. The van der Waals surface area contributed by atoms with Crippen molar-refractivity contribution >= 4 is 57.9 Å². The van der Waals surface area contributed by atoms with E-state index in [0.29, 0.717) is 26.4 Å². The summed E-state index contributed by atoms with van der Waals surface area (Å²) >= 11 is 6.46. The van der Waals surface area contributed by atoms with Gasteiger partial charge in [-0.2, -0.15) is 0 Å². The van der Waals surface area contributed by atoms with Crippen molar-refractivity contribution in [1.29, 1.82) is 0 Å². The average Bonchev–Trinajstić information content (AvgIpc) is 3.87. The molecule has 0 N–H and O–H groups in total. The van der Waals surface area contributed by atoms with E-state index in [-0.39, 0.29) is 0 Å². The van der Waals surface area contributed by atoms with Crippen LogP contribution in [0.1, 0.15) is 51.4 Å². The average molecular weight is 655 g/mol. The summed E-state index contributed by atoms with van der Waals surface area (Å²) in [6.07, 6.45) is 3.72. The molecule has 0 spiro atoms. The van der Waals surface area contributed by atoms with Gasteiger partial charge in [-0.1, -0.05) is 48.5 Å². The lowest BCUT2D eigenvalue weighted by molar-refractivity contribution is 0.109. The maximum absolute atomic E-state index is 11.0. The van der Waals surface area contributed by atoms with Gasteiger partial charge in [-0.15, -0.1) is 45.3 Å². The monoisotopic (exact) mass is 654 g/mol. The van der Waals surface area contributed by atoms with Gasteiger partial charge in [0.2, 0.25) is 0 Å². The maximum atomic E-state index is 11.0. The van der Waals surface area contributed by atoms with Gasteiger partial charge in [0.15, 0.2) is 12.6 Å². The third-order valence-electron chi connectivity index (χ3n) is 7.01. The van der Waals surface area contributed by atoms with Crippen molar-refractivity contribution in [2.45, 2.75) is 39.3 Å². The van der Waals surface area contributed by atoms with Crippen LogP contribution < -0.4 is 0 Å². The second-order valence-corrected chi connectivity index (χ2v) is 14.9. The lowest BCUT2D eigenvalue weighted by Gasteiger charge is -2.08. The standard InChI is InChI=1S/C36H30O4S4/c37-19-29-9-13-33(41-29)35-15-11-31(43-35)23-39-21-27-5-1-3-25(17-27)7-8-26-4-2-6-28(18-26)22-40-24-32-12-16-36(44-32)34-14-10-30(20-38)42-34/h1-6,9-20H,7-8,21-24H2. The minimum Gasteiger partial charge on any atom is -0.371 e. The highest BCUT2D eigenvalue weighted by atomic mass is 32.1. The summed E-state index contributed by atoms with van der Waals surface area (Å²) in [5.74, 6) is 0. The molecule has 6 aromatic rings. The molecule has 0 aliphatic rings. The molecule has 2 aromatic carbocycles. The number of thiophene rings is 4. The van der Waals surface area contributed by atoms with Gasteiger partial charge in [-0.25, -0.2) is 0 Å². The smallest absolute Gasteiger partial charge is 0.160 e. The quantitative estimate of drug-likeness (QED) is 0.103. The summed E-state index contributed by atoms with van der Waals surface area (Å²) in [4.78, 5) is 30.4. The number of aldehydes is 2. The molecule has 0 amide bonds. The molecule has 0 unspecified atom stereocenters. The highest BCUT2D eigenvalue weighted by Gasteiger charge is 2.09. The maximum Gasteiger partial charge on any atom is 0.160 e. The minimum atomic E-state index is 0.570. The first kappa shape index (κ1) is 30.5. The zero-order valence-electron chi connectivity index (χ0n) is 23.9. The van der Waals surface area contributed by atoms with E-state index in [1.54, 1.807) is 22.7 Å². The summed E-state index contributed by atoms with van der Waals surface area (Å²) in [6, 6.07) is 33.4. The normalized spacial score (nSPS) is 11.2. The molecule has 8 heteroatoms. The Hall–Kier alpha value is -3.50. The summed E-state index contributed by atoms with van der Waals surface area (Å²) in [5.41, 5.74) is 4.95. The molecular formula is C36H30O4S4. The number of ether oxygens (including phenoxy) is 2. The molecule has 0 atom stereocenters. The Balaban J connectivity index is 0.948. The van der Waals surface area contributed by atoms with Gasteiger partial charge in [0.25, 0.3) is 0 Å². The van der Waals surface area contributed by atoms with Gasteiger partial charge in [0.05, 0.1) is 36.2 Å². The fourth-order valence-electron chi connectivity index (χ4n) is 4.85. The first-order chi connectivity index (χ1) is 21.6. The molecule has 0 aliphatic heterocycles. The van der Waals surface area contributed by atoms with Crippen LogP contribution >= 0.6 is 45.3 Å². The predicted molar refractivity (Wildman–Crippen MR) is 183 cm³/mol. The summed E-state index contributed by atoms with van der Waals surface area (Å²) in [7, 11) is 0. The van der Waals surface area contributed by atoms with Gasteiger partial charge in [-0.05, 0) is 83.6 Å². The largest absolute Gasteiger partial charge is 0.371 e. The SMILES string of the molecule is O=Cc1ccc(-c2ccc(COCc3cccc(CCc4cccc(COCc5ccc(-c6ccc(C=O)s6)s5)c4)c3)s2)s1. The van der Waals surface area contributed by atoms with Crippen LogP contribution in [0.5, 0.6) is 0 Å². The van der Waals surface area contributed by atoms with Gasteiger partial charge in [0.1, 0.15) is 0 Å². The number of benzene rings is 2. The number of rotatable bonds is 15. The van der Waals surface area contributed by atoms with E-state index in [0.717, 1.165) is 44.9 Å². The van der Waals surface area contributed by atoms with Crippen LogP contribution in [0.15, 0.2) is 97.1 Å². The second-order valence-electron chi connectivity index (χ2n) is 10.3. The highest BCUT2D eigenvalue weighted by molar-refractivity contribution is 7.23. The zero-order valence-corrected chi connectivity index (χ0v) is 27.2. The molecule has 0 radical (unpaired) electrons. The number of carbonyl (C=O) groups excluding carboxylic acids is 2. The van der Waals surface area contributed by atoms with Crippen LogP contribution in [-0.2, 0) is 48.7 Å². The van der Waals surface area contributed by atoms with E-state index in [4.69, 9.17) is 9.47 Å². The molecule has 0 fully saturated rings. The number of aryl methyl sites for hydroxylation is 2. The highest BCUT2D eigenvalue weighted by Crippen LogP contribution is 2.34. The van der Waals surface area contributed by atoms with Gasteiger partial charge in [-0.3, -0.25) is 9.59 Å². The van der Waals surface area contributed by atoms with Crippen molar-refractivity contribution < 1.29 is 19.1 Å². The van der Waals surface area contributed by atoms with Gasteiger partial charge < -0.3 is 9.47 Å². The lowest BCUT2D eigenvalue weighted by Crippen LogP contribution is -1.97. The Morgan fingerprint density at radius 2 is 0.864 bits per heavy atom. The van der Waals surface area contributed by atoms with E-state index in [2.05, 4.69) is 72.8 Å². The molecular weight excluding hydrogens is 625 g/mol. The van der Waals surface area contributed by atoms with Crippen molar-refractivity contribution in [2.75, 3.05) is 0 Å². The van der Waals surface area contributed by atoms with E-state index >= 15 is 0 Å². The molecule has 4 heterocycles. The molecule has 0 aliphatic carbocycles. The number of hydrogen-bond donors (Lipinski definition) is 0. The fraction of sp³-hybridized carbons (Fsp3) is 0.167. The number of carbonyl (C=O) groups is 2.